The maximum atomic E-state index is 12.2. The molecular weight excluding hydrogens is 338 g/mol. The normalized spacial score (nSPS) is 13.4. The number of anilines is 1. The second-order valence-corrected chi connectivity index (χ2v) is 7.22. The second kappa shape index (κ2) is 8.82. The summed E-state index contributed by atoms with van der Waals surface area (Å²) in [5, 5.41) is 5.91. The average molecular weight is 365 g/mol. The highest BCUT2D eigenvalue weighted by molar-refractivity contribution is 5.94. The van der Waals surface area contributed by atoms with Crippen molar-refractivity contribution in [3.05, 3.63) is 65.2 Å². The number of nitrogens with zero attached hydrogens (tertiary/aromatic N) is 1. The smallest absolute Gasteiger partial charge is 0.251 e. The van der Waals surface area contributed by atoms with Crippen molar-refractivity contribution in [2.45, 2.75) is 38.8 Å². The fourth-order valence-corrected chi connectivity index (χ4v) is 2.89. The Morgan fingerprint density at radius 1 is 1.00 bits per heavy atom. The van der Waals surface area contributed by atoms with Crippen LogP contribution in [0.3, 0.4) is 0 Å². The molecule has 1 saturated carbocycles. The Morgan fingerprint density at radius 2 is 1.63 bits per heavy atom. The van der Waals surface area contributed by atoms with E-state index in [-0.39, 0.29) is 11.8 Å². The lowest BCUT2D eigenvalue weighted by Crippen LogP contribution is -2.30. The van der Waals surface area contributed by atoms with E-state index < -0.39 is 0 Å². The van der Waals surface area contributed by atoms with E-state index in [4.69, 9.17) is 0 Å². The van der Waals surface area contributed by atoms with Gasteiger partial charge in [0.05, 0.1) is 6.54 Å². The number of hydrogen-bond donors (Lipinski definition) is 2. The van der Waals surface area contributed by atoms with Crippen LogP contribution in [0, 0.1) is 0 Å². The summed E-state index contributed by atoms with van der Waals surface area (Å²) in [6.45, 7) is 3.06. The van der Waals surface area contributed by atoms with E-state index in [9.17, 15) is 9.59 Å². The third kappa shape index (κ3) is 5.93. The zero-order valence-electron chi connectivity index (χ0n) is 16.0. The number of carbonyl (C=O) groups excluding carboxylic acids is 2. The molecule has 0 radical (unpaired) electrons. The molecule has 3 rings (SSSR count). The molecule has 5 heteroatoms. The van der Waals surface area contributed by atoms with Crippen molar-refractivity contribution >= 4 is 17.5 Å². The molecule has 2 N–H and O–H groups in total. The lowest BCUT2D eigenvalue weighted by atomic mass is 10.1. The molecule has 2 aromatic rings. The number of likely N-dealkylation sites (N-methyl/N-ethyl adjacent to an activating group) is 1. The minimum atomic E-state index is -0.0396. The summed E-state index contributed by atoms with van der Waals surface area (Å²) in [6.07, 6.45) is 3.15. The molecule has 1 aliphatic rings. The van der Waals surface area contributed by atoms with E-state index in [0.29, 0.717) is 24.7 Å². The lowest BCUT2D eigenvalue weighted by molar-refractivity contribution is -0.117. The zero-order chi connectivity index (χ0) is 19.2. The highest BCUT2D eigenvalue weighted by Gasteiger charge is 2.23. The molecule has 0 saturated heterocycles. The van der Waals surface area contributed by atoms with E-state index in [1.807, 2.05) is 60.5 Å². The summed E-state index contributed by atoms with van der Waals surface area (Å²) in [7, 11) is 1.91. The van der Waals surface area contributed by atoms with Crippen molar-refractivity contribution in [3.8, 4) is 0 Å². The van der Waals surface area contributed by atoms with Crippen molar-refractivity contribution in [1.82, 2.24) is 10.2 Å². The topological polar surface area (TPSA) is 61.4 Å². The number of benzene rings is 2. The summed E-state index contributed by atoms with van der Waals surface area (Å²) in [4.78, 5) is 26.2. The monoisotopic (exact) mass is 365 g/mol. The fraction of sp³-hybridized carbons (Fsp3) is 0.364. The molecule has 1 fully saturated rings. The molecule has 0 aliphatic heterocycles. The first kappa shape index (κ1) is 19.1. The first-order valence-electron chi connectivity index (χ1n) is 9.50. The number of nitrogens with one attached hydrogen (secondary N) is 2. The first-order chi connectivity index (χ1) is 13.0. The van der Waals surface area contributed by atoms with Crippen molar-refractivity contribution in [1.29, 1.82) is 0 Å². The molecule has 5 nitrogen and oxygen atoms in total. The second-order valence-electron chi connectivity index (χ2n) is 7.22. The minimum Gasteiger partial charge on any atom is -0.349 e. The predicted molar refractivity (Wildman–Crippen MR) is 108 cm³/mol. The molecule has 0 bridgehead atoms. The van der Waals surface area contributed by atoms with Gasteiger partial charge in [0.25, 0.3) is 5.91 Å². The molecule has 142 valence electrons. The number of amides is 2. The Labute approximate surface area is 160 Å². The largest absolute Gasteiger partial charge is 0.349 e. The lowest BCUT2D eigenvalue weighted by Gasteiger charge is -2.16. The van der Waals surface area contributed by atoms with Crippen LogP contribution < -0.4 is 10.6 Å². The minimum absolute atomic E-state index is 0.00845. The molecule has 0 unspecified atom stereocenters. The maximum absolute atomic E-state index is 12.2. The van der Waals surface area contributed by atoms with Crippen LogP contribution in [0.25, 0.3) is 0 Å². The van der Waals surface area contributed by atoms with Crippen LogP contribution in [0.4, 0.5) is 5.69 Å². The van der Waals surface area contributed by atoms with Crippen molar-refractivity contribution in [2.75, 3.05) is 18.9 Å². The first-order valence-corrected chi connectivity index (χ1v) is 9.50. The molecule has 1 aliphatic carbocycles. The molecule has 2 amide bonds. The fourth-order valence-electron chi connectivity index (χ4n) is 2.89. The molecule has 0 heterocycles. The Morgan fingerprint density at radius 3 is 2.22 bits per heavy atom. The van der Waals surface area contributed by atoms with Crippen LogP contribution in [0.15, 0.2) is 48.5 Å². The van der Waals surface area contributed by atoms with E-state index in [0.717, 1.165) is 30.5 Å². The number of carbonyl (C=O) groups is 2. The highest BCUT2D eigenvalue weighted by atomic mass is 16.2. The molecule has 27 heavy (non-hydrogen) atoms. The number of aryl methyl sites for hydroxylation is 1. The zero-order valence-corrected chi connectivity index (χ0v) is 16.0. The van der Waals surface area contributed by atoms with Crippen LogP contribution in [-0.4, -0.2) is 36.3 Å². The molecular formula is C22H27N3O2. The molecule has 2 aromatic carbocycles. The van der Waals surface area contributed by atoms with Crippen LogP contribution in [0.5, 0.6) is 0 Å². The van der Waals surface area contributed by atoms with Crippen LogP contribution >= 0.6 is 0 Å². The quantitative estimate of drug-likeness (QED) is 0.755. The van der Waals surface area contributed by atoms with E-state index in [2.05, 4.69) is 17.6 Å². The SMILES string of the molecule is CCc1ccc(NC(=O)CN(C)Cc2ccc(C(=O)NC3CC3)cc2)cc1. The Balaban J connectivity index is 1.46. The summed E-state index contributed by atoms with van der Waals surface area (Å²) in [6, 6.07) is 15.9. The van der Waals surface area contributed by atoms with Gasteiger partial charge in [-0.05, 0) is 61.7 Å². The van der Waals surface area contributed by atoms with E-state index >= 15 is 0 Å². The average Bonchev–Trinajstić information content (AvgIpc) is 3.46. The Hall–Kier alpha value is -2.66. The van der Waals surface area contributed by atoms with Gasteiger partial charge >= 0.3 is 0 Å². The number of rotatable bonds is 8. The Kier molecular flexibility index (Phi) is 6.24. The maximum Gasteiger partial charge on any atom is 0.251 e. The van der Waals surface area contributed by atoms with Crippen molar-refractivity contribution in [3.63, 3.8) is 0 Å². The molecule has 0 atom stereocenters. The number of hydrogen-bond acceptors (Lipinski definition) is 3. The van der Waals surface area contributed by atoms with Gasteiger partial charge in [-0.25, -0.2) is 0 Å². The van der Waals surface area contributed by atoms with Gasteiger partial charge in [0.2, 0.25) is 5.91 Å². The Bertz CT molecular complexity index is 780. The van der Waals surface area contributed by atoms with Crippen LogP contribution in [0.1, 0.15) is 41.3 Å². The summed E-state index contributed by atoms with van der Waals surface area (Å²) in [5.41, 5.74) is 3.82. The van der Waals surface area contributed by atoms with Gasteiger partial charge in [-0.3, -0.25) is 14.5 Å². The summed E-state index contributed by atoms with van der Waals surface area (Å²) >= 11 is 0. The van der Waals surface area contributed by atoms with Gasteiger partial charge in [0, 0.05) is 23.8 Å². The van der Waals surface area contributed by atoms with Gasteiger partial charge < -0.3 is 10.6 Å². The van der Waals surface area contributed by atoms with Crippen molar-refractivity contribution in [2.24, 2.45) is 0 Å². The summed E-state index contributed by atoms with van der Waals surface area (Å²) in [5.74, 6) is -0.0481. The third-order valence-corrected chi connectivity index (χ3v) is 4.64. The summed E-state index contributed by atoms with van der Waals surface area (Å²) < 4.78 is 0. The standard InChI is InChI=1S/C22H27N3O2/c1-3-16-6-10-19(11-7-16)23-21(26)15-25(2)14-17-4-8-18(9-5-17)22(27)24-20-12-13-20/h4-11,20H,3,12-15H2,1-2H3,(H,23,26)(H,24,27). The van der Waals surface area contributed by atoms with Crippen LogP contribution in [0.2, 0.25) is 0 Å². The van der Waals surface area contributed by atoms with Crippen molar-refractivity contribution < 1.29 is 9.59 Å². The highest BCUT2D eigenvalue weighted by Crippen LogP contribution is 2.19. The predicted octanol–water partition coefficient (Wildman–Crippen LogP) is 3.21. The van der Waals surface area contributed by atoms with Gasteiger partial charge in [-0.1, -0.05) is 31.2 Å². The van der Waals surface area contributed by atoms with Gasteiger partial charge in [-0.15, -0.1) is 0 Å². The van der Waals surface area contributed by atoms with E-state index in [1.54, 1.807) is 0 Å². The van der Waals surface area contributed by atoms with Crippen LogP contribution in [-0.2, 0) is 17.8 Å². The van der Waals surface area contributed by atoms with Gasteiger partial charge in [-0.2, -0.15) is 0 Å². The molecule has 0 spiro atoms. The van der Waals surface area contributed by atoms with E-state index in [1.165, 1.54) is 5.56 Å². The van der Waals surface area contributed by atoms with Gasteiger partial charge in [0.1, 0.15) is 0 Å². The molecule has 0 aromatic heterocycles. The third-order valence-electron chi connectivity index (χ3n) is 4.64. The van der Waals surface area contributed by atoms with Gasteiger partial charge in [0.15, 0.2) is 0 Å².